The van der Waals surface area contributed by atoms with Crippen LogP contribution in [0.1, 0.15) is 22.5 Å². The first-order valence-corrected chi connectivity index (χ1v) is 8.46. The zero-order chi connectivity index (χ0) is 17.9. The lowest BCUT2D eigenvalue weighted by Crippen LogP contribution is -2.18. The number of nitrogens with two attached hydrogens (primary N) is 1. The first kappa shape index (κ1) is 16.1. The summed E-state index contributed by atoms with van der Waals surface area (Å²) in [5.41, 5.74) is 10.5. The van der Waals surface area contributed by atoms with E-state index in [1.807, 2.05) is 34.9 Å². The number of carbonyl (C=O) groups is 1. The quantitative estimate of drug-likeness (QED) is 0.562. The van der Waals surface area contributed by atoms with Crippen LogP contribution in [0, 0.1) is 0 Å². The minimum atomic E-state index is -0.355. The highest BCUT2D eigenvalue weighted by atomic mass is 16.1. The fourth-order valence-corrected chi connectivity index (χ4v) is 3.18. The van der Waals surface area contributed by atoms with Crippen molar-refractivity contribution in [1.29, 1.82) is 0 Å². The highest BCUT2D eigenvalue weighted by Gasteiger charge is 2.14. The molecule has 2 heterocycles. The number of H-pyrrole nitrogens is 1. The molecule has 0 radical (unpaired) electrons. The Morgan fingerprint density at radius 1 is 1.12 bits per heavy atom. The number of aromatic nitrogens is 4. The van der Waals surface area contributed by atoms with Crippen molar-refractivity contribution in [2.75, 3.05) is 0 Å². The first-order valence-electron chi connectivity index (χ1n) is 8.46. The molecule has 0 aliphatic rings. The summed E-state index contributed by atoms with van der Waals surface area (Å²) in [5.74, 6) is -0.355. The van der Waals surface area contributed by atoms with E-state index in [1.54, 1.807) is 12.5 Å². The summed E-state index contributed by atoms with van der Waals surface area (Å²) in [5, 5.41) is 8.06. The zero-order valence-corrected chi connectivity index (χ0v) is 14.2. The van der Waals surface area contributed by atoms with Crippen LogP contribution in [-0.4, -0.2) is 25.7 Å². The van der Waals surface area contributed by atoms with Gasteiger partial charge in [-0.05, 0) is 23.3 Å². The van der Waals surface area contributed by atoms with E-state index < -0.39 is 0 Å². The second kappa shape index (κ2) is 6.84. The molecule has 0 aliphatic carbocycles. The Bertz CT molecular complexity index is 1050. The minimum absolute atomic E-state index is 0.177. The second-order valence-corrected chi connectivity index (χ2v) is 6.36. The molecule has 130 valence electrons. The molecule has 2 aromatic carbocycles. The number of hydrogen-bond donors (Lipinski definition) is 2. The van der Waals surface area contributed by atoms with Crippen molar-refractivity contribution in [2.24, 2.45) is 5.73 Å². The molecule has 6 nitrogen and oxygen atoms in total. The highest BCUT2D eigenvalue weighted by Crippen LogP contribution is 2.18. The SMILES string of the molecule is NC(=O)Cc1c(Cc2ccccc2)ncn1Cc1ccc2[nH]ncc2c1. The summed E-state index contributed by atoms with van der Waals surface area (Å²) in [4.78, 5) is 16.1. The zero-order valence-electron chi connectivity index (χ0n) is 14.2. The van der Waals surface area contributed by atoms with Crippen LogP contribution in [0.15, 0.2) is 61.1 Å². The third-order valence-corrected chi connectivity index (χ3v) is 4.45. The highest BCUT2D eigenvalue weighted by molar-refractivity contribution is 5.78. The average Bonchev–Trinajstić information content (AvgIpc) is 3.24. The summed E-state index contributed by atoms with van der Waals surface area (Å²) in [7, 11) is 0. The Morgan fingerprint density at radius 2 is 1.96 bits per heavy atom. The van der Waals surface area contributed by atoms with Crippen molar-refractivity contribution in [3.8, 4) is 0 Å². The van der Waals surface area contributed by atoms with Gasteiger partial charge in [-0.3, -0.25) is 9.89 Å². The predicted octanol–water partition coefficient (Wildman–Crippen LogP) is 2.43. The van der Waals surface area contributed by atoms with Gasteiger partial charge in [0.05, 0.1) is 35.8 Å². The number of primary amides is 1. The molecule has 0 spiro atoms. The van der Waals surface area contributed by atoms with Crippen molar-refractivity contribution in [3.63, 3.8) is 0 Å². The molecule has 2 aromatic heterocycles. The minimum Gasteiger partial charge on any atom is -0.369 e. The standard InChI is InChI=1S/C20H19N5O/c21-20(26)10-19-18(9-14-4-2-1-3-5-14)22-13-25(19)12-15-6-7-17-16(8-15)11-23-24-17/h1-8,11,13H,9-10,12H2,(H2,21,26)(H,23,24). The monoisotopic (exact) mass is 345 g/mol. The van der Waals surface area contributed by atoms with Gasteiger partial charge in [0.25, 0.3) is 0 Å². The maximum absolute atomic E-state index is 11.6. The Kier molecular flexibility index (Phi) is 4.23. The van der Waals surface area contributed by atoms with Crippen molar-refractivity contribution in [1.82, 2.24) is 19.7 Å². The van der Waals surface area contributed by atoms with Crippen LogP contribution in [-0.2, 0) is 24.2 Å². The summed E-state index contributed by atoms with van der Waals surface area (Å²) >= 11 is 0. The van der Waals surface area contributed by atoms with E-state index in [2.05, 4.69) is 33.4 Å². The number of imidazole rings is 1. The maximum Gasteiger partial charge on any atom is 0.223 e. The first-order chi connectivity index (χ1) is 12.7. The van der Waals surface area contributed by atoms with Crippen LogP contribution >= 0.6 is 0 Å². The van der Waals surface area contributed by atoms with Gasteiger partial charge in [-0.2, -0.15) is 5.10 Å². The van der Waals surface area contributed by atoms with Gasteiger partial charge in [0, 0.05) is 18.4 Å². The predicted molar refractivity (Wildman–Crippen MR) is 99.6 cm³/mol. The molecule has 0 saturated heterocycles. The molecular formula is C20H19N5O. The molecule has 0 atom stereocenters. The van der Waals surface area contributed by atoms with Crippen LogP contribution in [0.25, 0.3) is 10.9 Å². The fourth-order valence-electron chi connectivity index (χ4n) is 3.18. The number of fused-ring (bicyclic) bond motifs is 1. The van der Waals surface area contributed by atoms with E-state index in [4.69, 9.17) is 5.73 Å². The van der Waals surface area contributed by atoms with Gasteiger partial charge in [-0.1, -0.05) is 36.4 Å². The number of nitrogens with zero attached hydrogens (tertiary/aromatic N) is 3. The summed E-state index contributed by atoms with van der Waals surface area (Å²) in [6.45, 7) is 0.630. The molecule has 0 fully saturated rings. The molecule has 3 N–H and O–H groups in total. The molecule has 26 heavy (non-hydrogen) atoms. The average molecular weight is 345 g/mol. The molecule has 6 heteroatoms. The van der Waals surface area contributed by atoms with Crippen molar-refractivity contribution >= 4 is 16.8 Å². The number of aromatic amines is 1. The molecular weight excluding hydrogens is 326 g/mol. The van der Waals surface area contributed by atoms with Crippen molar-refractivity contribution in [3.05, 3.63) is 83.6 Å². The molecule has 0 saturated carbocycles. The van der Waals surface area contributed by atoms with Gasteiger partial charge in [0.2, 0.25) is 5.91 Å². The van der Waals surface area contributed by atoms with Gasteiger partial charge in [0.1, 0.15) is 0 Å². The Morgan fingerprint density at radius 3 is 2.77 bits per heavy atom. The summed E-state index contributed by atoms with van der Waals surface area (Å²) in [6, 6.07) is 16.2. The van der Waals surface area contributed by atoms with Crippen molar-refractivity contribution in [2.45, 2.75) is 19.4 Å². The number of amides is 1. The normalized spacial score (nSPS) is 11.1. The molecule has 4 aromatic rings. The lowest BCUT2D eigenvalue weighted by atomic mass is 10.1. The largest absolute Gasteiger partial charge is 0.369 e. The smallest absolute Gasteiger partial charge is 0.223 e. The van der Waals surface area contributed by atoms with Crippen LogP contribution in [0.3, 0.4) is 0 Å². The number of nitrogens with one attached hydrogen (secondary N) is 1. The number of carbonyl (C=O) groups excluding carboxylic acids is 1. The summed E-state index contributed by atoms with van der Waals surface area (Å²) < 4.78 is 2.00. The Hall–Kier alpha value is -3.41. The van der Waals surface area contributed by atoms with E-state index in [1.165, 1.54) is 0 Å². The maximum atomic E-state index is 11.6. The third kappa shape index (κ3) is 3.35. The second-order valence-electron chi connectivity index (χ2n) is 6.36. The fraction of sp³-hybridized carbons (Fsp3) is 0.150. The van der Waals surface area contributed by atoms with E-state index in [0.29, 0.717) is 13.0 Å². The van der Waals surface area contributed by atoms with E-state index in [9.17, 15) is 4.79 Å². The van der Waals surface area contributed by atoms with E-state index in [0.717, 1.165) is 33.4 Å². The topological polar surface area (TPSA) is 89.6 Å². The van der Waals surface area contributed by atoms with Crippen LogP contribution in [0.4, 0.5) is 0 Å². The van der Waals surface area contributed by atoms with Gasteiger partial charge in [-0.15, -0.1) is 0 Å². The van der Waals surface area contributed by atoms with Gasteiger partial charge in [-0.25, -0.2) is 4.98 Å². The Labute approximate surface area is 150 Å². The van der Waals surface area contributed by atoms with E-state index >= 15 is 0 Å². The Balaban J connectivity index is 1.65. The van der Waals surface area contributed by atoms with Crippen LogP contribution in [0.5, 0.6) is 0 Å². The third-order valence-electron chi connectivity index (χ3n) is 4.45. The van der Waals surface area contributed by atoms with Gasteiger partial charge >= 0.3 is 0 Å². The van der Waals surface area contributed by atoms with Crippen LogP contribution in [0.2, 0.25) is 0 Å². The number of hydrogen-bond acceptors (Lipinski definition) is 3. The van der Waals surface area contributed by atoms with E-state index in [-0.39, 0.29) is 12.3 Å². The molecule has 0 unspecified atom stereocenters. The number of benzene rings is 2. The number of rotatable bonds is 6. The molecule has 0 aliphatic heterocycles. The van der Waals surface area contributed by atoms with Gasteiger partial charge < -0.3 is 10.3 Å². The van der Waals surface area contributed by atoms with Gasteiger partial charge in [0.15, 0.2) is 0 Å². The molecule has 1 amide bonds. The molecule has 0 bridgehead atoms. The lowest BCUT2D eigenvalue weighted by Gasteiger charge is -2.09. The molecule has 4 rings (SSSR count). The van der Waals surface area contributed by atoms with Crippen LogP contribution < -0.4 is 5.73 Å². The lowest BCUT2D eigenvalue weighted by molar-refractivity contribution is -0.117. The van der Waals surface area contributed by atoms with Crippen molar-refractivity contribution < 1.29 is 4.79 Å². The summed E-state index contributed by atoms with van der Waals surface area (Å²) in [6.07, 6.45) is 4.45.